The van der Waals surface area contributed by atoms with Crippen LogP contribution in [0.3, 0.4) is 0 Å². The maximum absolute atomic E-state index is 14.1. The van der Waals surface area contributed by atoms with E-state index in [9.17, 15) is 9.59 Å². The number of pyridine rings is 1. The van der Waals surface area contributed by atoms with Crippen LogP contribution in [0.1, 0.15) is 36.3 Å². The van der Waals surface area contributed by atoms with Gasteiger partial charge in [0.05, 0.1) is 35.7 Å². The number of nitrogens with zero attached hydrogens (tertiary/aromatic N) is 2. The van der Waals surface area contributed by atoms with Gasteiger partial charge in [0.25, 0.3) is 5.56 Å². The molecule has 2 aromatic carbocycles. The summed E-state index contributed by atoms with van der Waals surface area (Å²) in [6.07, 6.45) is 0.974. The fourth-order valence-electron chi connectivity index (χ4n) is 4.51. The highest BCUT2D eigenvalue weighted by Gasteiger charge is 2.35. The Morgan fingerprint density at radius 1 is 1.00 bits per heavy atom. The van der Waals surface area contributed by atoms with E-state index in [0.29, 0.717) is 56.9 Å². The zero-order valence-corrected chi connectivity index (χ0v) is 20.8. The topological polar surface area (TPSA) is 70.4 Å². The number of carbonyl (C=O) groups excluding carboxylic acids is 1. The van der Waals surface area contributed by atoms with Gasteiger partial charge in [-0.3, -0.25) is 14.2 Å². The molecule has 0 aliphatic heterocycles. The highest BCUT2D eigenvalue weighted by molar-refractivity contribution is 7.21. The molecule has 6 nitrogen and oxygen atoms in total. The van der Waals surface area contributed by atoms with Gasteiger partial charge in [-0.05, 0) is 48.2 Å². The molecule has 0 N–H and O–H groups in total. The largest absolute Gasteiger partial charge is 0.497 e. The molecule has 2 heterocycles. The Morgan fingerprint density at radius 2 is 1.79 bits per heavy atom. The van der Waals surface area contributed by atoms with Crippen molar-refractivity contribution >= 4 is 38.9 Å². The van der Waals surface area contributed by atoms with E-state index in [0.717, 1.165) is 10.2 Å². The quantitative estimate of drug-likeness (QED) is 0.351. The van der Waals surface area contributed by atoms with Crippen molar-refractivity contribution in [1.29, 1.82) is 0 Å². The summed E-state index contributed by atoms with van der Waals surface area (Å²) in [4.78, 5) is 32.0. The maximum atomic E-state index is 14.1. The van der Waals surface area contributed by atoms with Crippen molar-refractivity contribution in [3.05, 3.63) is 69.1 Å². The van der Waals surface area contributed by atoms with Crippen LogP contribution in [0.2, 0.25) is 5.02 Å². The first-order valence-corrected chi connectivity index (χ1v) is 12.0. The van der Waals surface area contributed by atoms with Crippen molar-refractivity contribution in [2.75, 3.05) is 14.2 Å². The van der Waals surface area contributed by atoms with E-state index in [1.807, 2.05) is 26.0 Å². The first kappa shape index (κ1) is 22.6. The van der Waals surface area contributed by atoms with Crippen molar-refractivity contribution < 1.29 is 14.3 Å². The van der Waals surface area contributed by atoms with E-state index < -0.39 is 0 Å². The molecule has 0 saturated carbocycles. The molecule has 4 aromatic rings. The predicted molar refractivity (Wildman–Crippen MR) is 135 cm³/mol. The fraction of sp³-hybridized carbons (Fsp3) is 0.269. The van der Waals surface area contributed by atoms with Crippen LogP contribution in [-0.2, 0) is 6.42 Å². The van der Waals surface area contributed by atoms with Gasteiger partial charge in [-0.2, -0.15) is 0 Å². The minimum atomic E-state index is -0.279. The summed E-state index contributed by atoms with van der Waals surface area (Å²) >= 11 is 7.53. The SMILES string of the molecule is COc1ccc(OC)c(-n2c3c(cc(-c4nc5ccc(Cl)cc5s4)c2=O)C(=O)CC(C)(C)C3)c1. The number of methoxy groups -OCH3 is 2. The van der Waals surface area contributed by atoms with Crippen molar-refractivity contribution in [1.82, 2.24) is 9.55 Å². The molecule has 0 atom stereocenters. The summed E-state index contributed by atoms with van der Waals surface area (Å²) in [6.45, 7) is 4.08. The molecule has 0 fully saturated rings. The molecule has 174 valence electrons. The lowest BCUT2D eigenvalue weighted by atomic mass is 9.75. The normalized spacial score (nSPS) is 14.8. The number of carbonyl (C=O) groups is 1. The van der Waals surface area contributed by atoms with E-state index in [2.05, 4.69) is 4.98 Å². The van der Waals surface area contributed by atoms with Crippen LogP contribution in [0.4, 0.5) is 0 Å². The smallest absolute Gasteiger partial charge is 0.265 e. The number of benzene rings is 2. The van der Waals surface area contributed by atoms with Gasteiger partial charge in [-0.15, -0.1) is 11.3 Å². The summed E-state index contributed by atoms with van der Waals surface area (Å²) in [6, 6.07) is 12.4. The summed E-state index contributed by atoms with van der Waals surface area (Å²) in [5.41, 5.74) is 2.31. The number of ketones is 1. The monoisotopic (exact) mass is 494 g/mol. The van der Waals surface area contributed by atoms with Crippen molar-refractivity contribution in [2.45, 2.75) is 26.7 Å². The zero-order chi connectivity index (χ0) is 24.2. The number of rotatable bonds is 4. The average Bonchev–Trinajstić information content (AvgIpc) is 3.20. The van der Waals surface area contributed by atoms with Gasteiger partial charge < -0.3 is 9.47 Å². The molecule has 0 radical (unpaired) electrons. The molecule has 1 aliphatic rings. The lowest BCUT2D eigenvalue weighted by Gasteiger charge is -2.32. The van der Waals surface area contributed by atoms with E-state index in [-0.39, 0.29) is 16.8 Å². The van der Waals surface area contributed by atoms with E-state index in [1.165, 1.54) is 11.3 Å². The second kappa shape index (κ2) is 8.25. The van der Waals surface area contributed by atoms with Crippen LogP contribution in [0, 0.1) is 5.41 Å². The molecule has 34 heavy (non-hydrogen) atoms. The first-order chi connectivity index (χ1) is 16.2. The highest BCUT2D eigenvalue weighted by atomic mass is 35.5. The molecule has 0 amide bonds. The number of hydrogen-bond acceptors (Lipinski definition) is 6. The minimum Gasteiger partial charge on any atom is -0.497 e. The molecule has 1 aliphatic carbocycles. The third-order valence-corrected chi connectivity index (χ3v) is 7.38. The average molecular weight is 495 g/mol. The maximum Gasteiger partial charge on any atom is 0.265 e. The number of ether oxygens (including phenoxy) is 2. The van der Waals surface area contributed by atoms with Crippen LogP contribution in [0.25, 0.3) is 26.5 Å². The molecule has 2 aromatic heterocycles. The molecule has 0 saturated heterocycles. The Labute approximate surface area is 205 Å². The Balaban J connectivity index is 1.86. The van der Waals surface area contributed by atoms with Gasteiger partial charge in [-0.25, -0.2) is 4.98 Å². The summed E-state index contributed by atoms with van der Waals surface area (Å²) in [5, 5.41) is 1.14. The minimum absolute atomic E-state index is 0.00673. The Hall–Kier alpha value is -3.16. The lowest BCUT2D eigenvalue weighted by Crippen LogP contribution is -2.35. The number of Topliss-reactive ketones (excluding diaryl/α,β-unsaturated/α-hetero) is 1. The number of fused-ring (bicyclic) bond motifs is 2. The van der Waals surface area contributed by atoms with Crippen molar-refractivity contribution in [3.63, 3.8) is 0 Å². The zero-order valence-electron chi connectivity index (χ0n) is 19.3. The van der Waals surface area contributed by atoms with Gasteiger partial charge >= 0.3 is 0 Å². The second-order valence-corrected chi connectivity index (χ2v) is 10.6. The van der Waals surface area contributed by atoms with Crippen molar-refractivity contribution in [3.8, 4) is 27.8 Å². The van der Waals surface area contributed by atoms with Gasteiger partial charge in [0.15, 0.2) is 5.78 Å². The van der Waals surface area contributed by atoms with Crippen LogP contribution < -0.4 is 15.0 Å². The number of halogens is 1. The third-order valence-electron chi connectivity index (χ3n) is 6.10. The van der Waals surface area contributed by atoms with Gasteiger partial charge in [-0.1, -0.05) is 25.4 Å². The van der Waals surface area contributed by atoms with Crippen LogP contribution in [0.5, 0.6) is 11.5 Å². The molecule has 0 bridgehead atoms. The molecule has 8 heteroatoms. The van der Waals surface area contributed by atoms with Crippen LogP contribution in [0.15, 0.2) is 47.3 Å². The van der Waals surface area contributed by atoms with Gasteiger partial charge in [0.2, 0.25) is 0 Å². The number of hydrogen-bond donors (Lipinski definition) is 0. The number of aromatic nitrogens is 2. The summed E-state index contributed by atoms with van der Waals surface area (Å²) in [5.74, 6) is 1.10. The van der Waals surface area contributed by atoms with E-state index in [4.69, 9.17) is 21.1 Å². The standard InChI is InChI=1S/C26H23ClN2O4S/c1-26(2)12-20-16(21(30)13-26)11-17(24-28-18-7-5-14(27)9-23(18)34-24)25(31)29(20)19-10-15(32-3)6-8-22(19)33-4/h5-11H,12-13H2,1-4H3. The Morgan fingerprint density at radius 3 is 2.53 bits per heavy atom. The van der Waals surface area contributed by atoms with Gasteiger partial charge in [0.1, 0.15) is 16.5 Å². The summed E-state index contributed by atoms with van der Waals surface area (Å²) < 4.78 is 13.5. The molecular formula is C26H23ClN2O4S. The Bertz CT molecular complexity index is 1520. The second-order valence-electron chi connectivity index (χ2n) is 9.17. The Kier molecular flexibility index (Phi) is 5.49. The lowest BCUT2D eigenvalue weighted by molar-refractivity contribution is 0.0909. The van der Waals surface area contributed by atoms with Gasteiger partial charge in [0, 0.05) is 28.8 Å². The van der Waals surface area contributed by atoms with E-state index >= 15 is 0 Å². The highest BCUT2D eigenvalue weighted by Crippen LogP contribution is 2.39. The first-order valence-electron chi connectivity index (χ1n) is 10.8. The molecule has 0 spiro atoms. The van der Waals surface area contributed by atoms with Crippen molar-refractivity contribution in [2.24, 2.45) is 5.41 Å². The molecule has 0 unspecified atom stereocenters. The molecular weight excluding hydrogens is 472 g/mol. The third kappa shape index (κ3) is 3.79. The number of thiazole rings is 1. The fourth-order valence-corrected chi connectivity index (χ4v) is 5.76. The molecule has 5 rings (SSSR count). The van der Waals surface area contributed by atoms with Crippen LogP contribution in [-0.4, -0.2) is 29.6 Å². The van der Waals surface area contributed by atoms with Crippen LogP contribution >= 0.6 is 22.9 Å². The predicted octanol–water partition coefficient (Wildman–Crippen LogP) is 5.94. The summed E-state index contributed by atoms with van der Waals surface area (Å²) in [7, 11) is 3.12. The van der Waals surface area contributed by atoms with E-state index in [1.54, 1.807) is 49.1 Å².